The van der Waals surface area contributed by atoms with Gasteiger partial charge in [-0.25, -0.2) is 0 Å². The minimum Gasteiger partial charge on any atom is -0.388 e. The maximum atomic E-state index is 10.3. The molecule has 1 aromatic rings. The van der Waals surface area contributed by atoms with Crippen LogP contribution in [-0.4, -0.2) is 11.1 Å². The number of aliphatic hydroxyl groups excluding tert-OH is 1. The molecule has 0 saturated heterocycles. The molecule has 1 fully saturated rings. The van der Waals surface area contributed by atoms with Crippen molar-refractivity contribution in [3.63, 3.8) is 0 Å². The standard InChI is InChI=1S/C13H17NO/c15-13-9-5-1-3-7-11(9)14-12-8-4-2-6-10(12)13/h1,3,5,7,10,12-15H,2,4,6,8H2. The summed E-state index contributed by atoms with van der Waals surface area (Å²) < 4.78 is 0. The van der Waals surface area contributed by atoms with Crippen LogP contribution in [0.4, 0.5) is 5.69 Å². The van der Waals surface area contributed by atoms with Crippen LogP contribution >= 0.6 is 0 Å². The lowest BCUT2D eigenvalue weighted by atomic mass is 9.76. The first kappa shape index (κ1) is 9.22. The summed E-state index contributed by atoms with van der Waals surface area (Å²) in [6, 6.07) is 8.64. The van der Waals surface area contributed by atoms with Crippen molar-refractivity contribution in [2.75, 3.05) is 5.32 Å². The highest BCUT2D eigenvalue weighted by molar-refractivity contribution is 5.55. The van der Waals surface area contributed by atoms with Gasteiger partial charge < -0.3 is 10.4 Å². The van der Waals surface area contributed by atoms with Gasteiger partial charge in [-0.3, -0.25) is 0 Å². The fourth-order valence-corrected chi connectivity index (χ4v) is 3.03. The predicted octanol–water partition coefficient (Wildman–Crippen LogP) is 2.70. The molecule has 1 aromatic carbocycles. The molecule has 2 N–H and O–H groups in total. The zero-order valence-corrected chi connectivity index (χ0v) is 8.82. The quantitative estimate of drug-likeness (QED) is 0.679. The molecule has 80 valence electrons. The van der Waals surface area contributed by atoms with Crippen LogP contribution in [0.25, 0.3) is 0 Å². The van der Waals surface area contributed by atoms with Gasteiger partial charge in [0, 0.05) is 23.2 Å². The van der Waals surface area contributed by atoms with E-state index >= 15 is 0 Å². The van der Waals surface area contributed by atoms with Crippen LogP contribution in [-0.2, 0) is 0 Å². The monoisotopic (exact) mass is 203 g/mol. The predicted molar refractivity (Wildman–Crippen MR) is 60.8 cm³/mol. The van der Waals surface area contributed by atoms with Gasteiger partial charge in [0.2, 0.25) is 0 Å². The van der Waals surface area contributed by atoms with E-state index in [-0.39, 0.29) is 6.10 Å². The maximum absolute atomic E-state index is 10.3. The molecule has 1 aliphatic carbocycles. The van der Waals surface area contributed by atoms with Gasteiger partial charge in [-0.15, -0.1) is 0 Å². The summed E-state index contributed by atoms with van der Waals surface area (Å²) in [7, 11) is 0. The largest absolute Gasteiger partial charge is 0.388 e. The number of benzene rings is 1. The molecule has 2 aliphatic rings. The molecule has 2 nitrogen and oxygen atoms in total. The molecule has 3 atom stereocenters. The van der Waals surface area contributed by atoms with E-state index in [2.05, 4.69) is 11.4 Å². The Balaban J connectivity index is 1.98. The summed E-state index contributed by atoms with van der Waals surface area (Å²) in [6.45, 7) is 0. The highest BCUT2D eigenvalue weighted by Gasteiger charge is 2.36. The van der Waals surface area contributed by atoms with Gasteiger partial charge >= 0.3 is 0 Å². The second kappa shape index (κ2) is 3.53. The molecule has 0 radical (unpaired) electrons. The van der Waals surface area contributed by atoms with Crippen molar-refractivity contribution in [1.29, 1.82) is 0 Å². The number of aliphatic hydroxyl groups is 1. The number of anilines is 1. The number of nitrogens with one attached hydrogen (secondary N) is 1. The summed E-state index contributed by atoms with van der Waals surface area (Å²) in [5.41, 5.74) is 2.22. The fraction of sp³-hybridized carbons (Fsp3) is 0.538. The Bertz CT molecular complexity index is 363. The van der Waals surface area contributed by atoms with E-state index in [1.165, 1.54) is 19.3 Å². The van der Waals surface area contributed by atoms with Gasteiger partial charge in [0.1, 0.15) is 0 Å². The van der Waals surface area contributed by atoms with Gasteiger partial charge in [-0.1, -0.05) is 31.0 Å². The Labute approximate surface area is 90.3 Å². The zero-order valence-electron chi connectivity index (χ0n) is 8.82. The van der Waals surface area contributed by atoms with Gasteiger partial charge in [0.25, 0.3) is 0 Å². The van der Waals surface area contributed by atoms with Gasteiger partial charge in [0.15, 0.2) is 0 Å². The summed E-state index contributed by atoms with van der Waals surface area (Å²) in [4.78, 5) is 0. The average molecular weight is 203 g/mol. The first-order valence-electron chi connectivity index (χ1n) is 5.90. The lowest BCUT2D eigenvalue weighted by Crippen LogP contribution is -2.40. The SMILES string of the molecule is OC1c2ccccc2NC2CCCCC21. The van der Waals surface area contributed by atoms with Crippen LogP contribution in [0.15, 0.2) is 24.3 Å². The molecule has 1 heterocycles. The van der Waals surface area contributed by atoms with Crippen molar-refractivity contribution >= 4 is 5.69 Å². The molecule has 3 rings (SSSR count). The number of para-hydroxylation sites is 1. The first-order valence-corrected chi connectivity index (χ1v) is 5.90. The van der Waals surface area contributed by atoms with Crippen molar-refractivity contribution < 1.29 is 5.11 Å². The number of fused-ring (bicyclic) bond motifs is 2. The molecule has 15 heavy (non-hydrogen) atoms. The second-order valence-electron chi connectivity index (χ2n) is 4.73. The van der Waals surface area contributed by atoms with E-state index in [0.29, 0.717) is 12.0 Å². The van der Waals surface area contributed by atoms with Crippen LogP contribution in [0.3, 0.4) is 0 Å². The second-order valence-corrected chi connectivity index (χ2v) is 4.73. The zero-order chi connectivity index (χ0) is 10.3. The van der Waals surface area contributed by atoms with Crippen LogP contribution < -0.4 is 5.32 Å². The van der Waals surface area contributed by atoms with Crippen molar-refractivity contribution in [2.45, 2.75) is 37.8 Å². The third-order valence-corrected chi connectivity index (χ3v) is 3.85. The van der Waals surface area contributed by atoms with E-state index in [1.54, 1.807) is 0 Å². The van der Waals surface area contributed by atoms with E-state index in [9.17, 15) is 5.11 Å². The van der Waals surface area contributed by atoms with Crippen LogP contribution in [0.2, 0.25) is 0 Å². The number of hydrogen-bond donors (Lipinski definition) is 2. The molecular weight excluding hydrogens is 186 g/mol. The van der Waals surface area contributed by atoms with Crippen molar-refractivity contribution in [3.8, 4) is 0 Å². The molecule has 1 saturated carbocycles. The van der Waals surface area contributed by atoms with Crippen molar-refractivity contribution in [1.82, 2.24) is 0 Å². The third kappa shape index (κ3) is 1.44. The topological polar surface area (TPSA) is 32.3 Å². The average Bonchev–Trinajstić information content (AvgIpc) is 2.30. The van der Waals surface area contributed by atoms with Gasteiger partial charge in [-0.2, -0.15) is 0 Å². The van der Waals surface area contributed by atoms with Gasteiger partial charge in [0.05, 0.1) is 6.10 Å². The minimum atomic E-state index is -0.257. The Morgan fingerprint density at radius 1 is 1.13 bits per heavy atom. The lowest BCUT2D eigenvalue weighted by Gasteiger charge is -2.41. The number of rotatable bonds is 0. The molecule has 0 aromatic heterocycles. The molecule has 3 unspecified atom stereocenters. The minimum absolute atomic E-state index is 0.257. The number of hydrogen-bond acceptors (Lipinski definition) is 2. The highest BCUT2D eigenvalue weighted by Crippen LogP contribution is 2.42. The molecule has 0 spiro atoms. The maximum Gasteiger partial charge on any atom is 0.0857 e. The molecule has 1 aliphatic heterocycles. The Hall–Kier alpha value is -1.02. The smallest absolute Gasteiger partial charge is 0.0857 e. The Morgan fingerprint density at radius 2 is 1.93 bits per heavy atom. The first-order chi connectivity index (χ1) is 7.36. The Morgan fingerprint density at radius 3 is 2.87 bits per heavy atom. The Kier molecular flexibility index (Phi) is 2.17. The highest BCUT2D eigenvalue weighted by atomic mass is 16.3. The molecule has 0 amide bonds. The van der Waals surface area contributed by atoms with Crippen LogP contribution in [0, 0.1) is 5.92 Å². The summed E-state index contributed by atoms with van der Waals surface area (Å²) in [5.74, 6) is 0.425. The van der Waals surface area contributed by atoms with E-state index in [1.807, 2.05) is 18.2 Å². The lowest BCUT2D eigenvalue weighted by molar-refractivity contribution is 0.0713. The summed E-state index contributed by atoms with van der Waals surface area (Å²) >= 11 is 0. The van der Waals surface area contributed by atoms with Gasteiger partial charge in [-0.05, 0) is 18.9 Å². The van der Waals surface area contributed by atoms with Crippen LogP contribution in [0.1, 0.15) is 37.4 Å². The third-order valence-electron chi connectivity index (χ3n) is 3.85. The summed E-state index contributed by atoms with van der Waals surface area (Å²) in [5, 5.41) is 13.9. The molecule has 2 heteroatoms. The van der Waals surface area contributed by atoms with E-state index < -0.39 is 0 Å². The van der Waals surface area contributed by atoms with Crippen molar-refractivity contribution in [2.24, 2.45) is 5.92 Å². The fourth-order valence-electron chi connectivity index (χ4n) is 3.03. The normalized spacial score (nSPS) is 33.8. The summed E-state index contributed by atoms with van der Waals surface area (Å²) in [6.07, 6.45) is 4.67. The van der Waals surface area contributed by atoms with E-state index in [0.717, 1.165) is 17.7 Å². The van der Waals surface area contributed by atoms with Crippen molar-refractivity contribution in [3.05, 3.63) is 29.8 Å². The van der Waals surface area contributed by atoms with Crippen LogP contribution in [0.5, 0.6) is 0 Å². The van der Waals surface area contributed by atoms with E-state index in [4.69, 9.17) is 0 Å². The molecule has 0 bridgehead atoms. The molecular formula is C13H17NO.